The van der Waals surface area contributed by atoms with E-state index in [2.05, 4.69) is 15.1 Å². The molecule has 0 unspecified atom stereocenters. The third-order valence-electron chi connectivity index (χ3n) is 7.39. The number of piperidine rings is 1. The van der Waals surface area contributed by atoms with Crippen molar-refractivity contribution in [2.45, 2.75) is 57.6 Å². The van der Waals surface area contributed by atoms with Crippen molar-refractivity contribution in [2.24, 2.45) is 5.92 Å². The van der Waals surface area contributed by atoms with Gasteiger partial charge in [0.2, 0.25) is 0 Å². The molecule has 9 heteroatoms. The van der Waals surface area contributed by atoms with E-state index in [4.69, 9.17) is 27.9 Å². The van der Waals surface area contributed by atoms with Crippen molar-refractivity contribution < 1.29 is 14.3 Å². The summed E-state index contributed by atoms with van der Waals surface area (Å²) < 4.78 is 5.41. The number of amides is 2. The Morgan fingerprint density at radius 1 is 1.00 bits per heavy atom. The Labute approximate surface area is 212 Å². The first-order valence-corrected chi connectivity index (χ1v) is 13.3. The van der Waals surface area contributed by atoms with Gasteiger partial charge >= 0.3 is 12.0 Å². The van der Waals surface area contributed by atoms with Gasteiger partial charge in [-0.3, -0.25) is 9.69 Å². The molecule has 1 aliphatic carbocycles. The quantitative estimate of drug-likeness (QED) is 0.580. The second-order valence-electron chi connectivity index (χ2n) is 9.89. The molecule has 2 amide bonds. The van der Waals surface area contributed by atoms with Crippen LogP contribution in [-0.2, 0) is 9.53 Å². The highest BCUT2D eigenvalue weighted by atomic mass is 35.5. The number of halogens is 2. The van der Waals surface area contributed by atoms with Gasteiger partial charge in [-0.15, -0.1) is 0 Å². The first-order valence-electron chi connectivity index (χ1n) is 12.5. The van der Waals surface area contributed by atoms with Crippen molar-refractivity contribution in [1.29, 1.82) is 0 Å². The number of urea groups is 1. The number of benzene rings is 1. The monoisotopic (exact) mass is 510 g/mol. The third-order valence-corrected chi connectivity index (χ3v) is 8.13. The minimum Gasteiger partial charge on any atom is -0.463 e. The number of piperazine rings is 1. The number of nitrogens with zero attached hydrogens (tertiary/aromatic N) is 3. The zero-order valence-electron chi connectivity index (χ0n) is 20.0. The minimum absolute atomic E-state index is 0.0914. The van der Waals surface area contributed by atoms with E-state index in [9.17, 15) is 9.59 Å². The van der Waals surface area contributed by atoms with Gasteiger partial charge in [0.05, 0.1) is 10.0 Å². The van der Waals surface area contributed by atoms with Gasteiger partial charge in [0.1, 0.15) is 6.10 Å². The summed E-state index contributed by atoms with van der Waals surface area (Å²) in [6.07, 6.45) is 6.85. The topological polar surface area (TPSA) is 65.1 Å². The summed E-state index contributed by atoms with van der Waals surface area (Å²) in [5.41, 5.74) is 0.658. The standard InChI is InChI=1S/C25H36Cl2N4O3/c1-18(32)34-22-7-5-21(6-8-22)31-10-2-3-19(17-31)16-29-11-13-30(14-12-29)25(33)28-20-4-9-23(26)24(27)15-20/h4,9,15,19,21-22H,2-3,5-8,10-14,16-17H2,1H3,(H,28,33)/t19-,21?,22?/m0/s1. The molecule has 3 fully saturated rings. The maximum atomic E-state index is 12.6. The summed E-state index contributed by atoms with van der Waals surface area (Å²) in [6.45, 7) is 8.19. The van der Waals surface area contributed by atoms with Crippen LogP contribution >= 0.6 is 23.2 Å². The van der Waals surface area contributed by atoms with Crippen LogP contribution in [0.1, 0.15) is 45.4 Å². The van der Waals surface area contributed by atoms with Crippen molar-refractivity contribution in [3.8, 4) is 0 Å². The number of esters is 1. The van der Waals surface area contributed by atoms with Crippen molar-refractivity contribution in [3.05, 3.63) is 28.2 Å². The number of hydrogen-bond donors (Lipinski definition) is 1. The number of rotatable bonds is 5. The fourth-order valence-corrected chi connectivity index (χ4v) is 5.91. The normalized spacial score (nSPS) is 26.8. The van der Waals surface area contributed by atoms with Crippen LogP contribution in [0.15, 0.2) is 18.2 Å². The van der Waals surface area contributed by atoms with Gasteiger partial charge in [-0.25, -0.2) is 4.79 Å². The van der Waals surface area contributed by atoms with E-state index in [-0.39, 0.29) is 18.1 Å². The van der Waals surface area contributed by atoms with Crippen molar-refractivity contribution in [2.75, 3.05) is 51.1 Å². The lowest BCUT2D eigenvalue weighted by molar-refractivity contribution is -0.148. The molecule has 1 aromatic carbocycles. The van der Waals surface area contributed by atoms with E-state index in [0.29, 0.717) is 27.7 Å². The Bertz CT molecular complexity index is 855. The van der Waals surface area contributed by atoms with Crippen LogP contribution < -0.4 is 5.32 Å². The fraction of sp³-hybridized carbons (Fsp3) is 0.680. The molecule has 0 radical (unpaired) electrons. The van der Waals surface area contributed by atoms with Crippen molar-refractivity contribution in [1.82, 2.24) is 14.7 Å². The van der Waals surface area contributed by atoms with Crippen molar-refractivity contribution >= 4 is 40.9 Å². The predicted molar refractivity (Wildman–Crippen MR) is 136 cm³/mol. The van der Waals surface area contributed by atoms with E-state index in [1.54, 1.807) is 18.2 Å². The molecule has 7 nitrogen and oxygen atoms in total. The number of carbonyl (C=O) groups is 2. The number of likely N-dealkylation sites (tertiary alicyclic amines) is 1. The minimum atomic E-state index is -0.159. The van der Waals surface area contributed by atoms with Crippen LogP contribution in [0.5, 0.6) is 0 Å². The van der Waals surface area contributed by atoms with Crippen LogP contribution in [0.4, 0.5) is 10.5 Å². The number of anilines is 1. The molecule has 0 bridgehead atoms. The Morgan fingerprint density at radius 3 is 2.41 bits per heavy atom. The van der Waals surface area contributed by atoms with E-state index < -0.39 is 0 Å². The van der Waals surface area contributed by atoms with Gasteiger partial charge in [-0.1, -0.05) is 23.2 Å². The molecule has 34 heavy (non-hydrogen) atoms. The smallest absolute Gasteiger partial charge is 0.321 e. The largest absolute Gasteiger partial charge is 0.463 e. The SMILES string of the molecule is CC(=O)OC1CCC(N2CCC[C@@H](CN3CCN(C(=O)Nc4ccc(Cl)c(Cl)c4)CC3)C2)CC1. The lowest BCUT2D eigenvalue weighted by Gasteiger charge is -2.43. The van der Waals surface area contributed by atoms with E-state index >= 15 is 0 Å². The summed E-state index contributed by atoms with van der Waals surface area (Å²) in [5, 5.41) is 3.83. The van der Waals surface area contributed by atoms with Gasteiger partial charge in [-0.05, 0) is 69.2 Å². The van der Waals surface area contributed by atoms with Gasteiger partial charge in [-0.2, -0.15) is 0 Å². The highest BCUT2D eigenvalue weighted by Gasteiger charge is 2.32. The molecule has 1 saturated carbocycles. The molecule has 1 N–H and O–H groups in total. The molecular weight excluding hydrogens is 475 g/mol. The van der Waals surface area contributed by atoms with Crippen molar-refractivity contribution in [3.63, 3.8) is 0 Å². The average molecular weight is 511 g/mol. The maximum Gasteiger partial charge on any atom is 0.321 e. The highest BCUT2D eigenvalue weighted by molar-refractivity contribution is 6.42. The van der Waals surface area contributed by atoms with Gasteiger partial charge in [0.15, 0.2) is 0 Å². The van der Waals surface area contributed by atoms with E-state index in [0.717, 1.165) is 65.0 Å². The summed E-state index contributed by atoms with van der Waals surface area (Å²) in [4.78, 5) is 30.9. The molecule has 2 heterocycles. The van der Waals surface area contributed by atoms with E-state index in [1.165, 1.54) is 26.3 Å². The number of ether oxygens (including phenoxy) is 1. The molecule has 0 spiro atoms. The average Bonchev–Trinajstić information content (AvgIpc) is 2.82. The number of carbonyl (C=O) groups excluding carboxylic acids is 2. The Balaban J connectivity index is 1.18. The first kappa shape index (κ1) is 25.5. The number of nitrogens with one attached hydrogen (secondary N) is 1. The highest BCUT2D eigenvalue weighted by Crippen LogP contribution is 2.29. The molecule has 3 aliphatic rings. The molecule has 4 rings (SSSR count). The molecule has 1 aromatic rings. The summed E-state index contributed by atoms with van der Waals surface area (Å²) in [6, 6.07) is 5.66. The van der Waals surface area contributed by atoms with Crippen LogP contribution in [-0.4, -0.2) is 84.7 Å². The fourth-order valence-electron chi connectivity index (χ4n) is 5.62. The molecule has 0 aromatic heterocycles. The summed E-state index contributed by atoms with van der Waals surface area (Å²) in [7, 11) is 0. The predicted octanol–water partition coefficient (Wildman–Crippen LogP) is 4.73. The summed E-state index contributed by atoms with van der Waals surface area (Å²) >= 11 is 12.0. The molecule has 2 saturated heterocycles. The second-order valence-corrected chi connectivity index (χ2v) is 10.7. The van der Waals surface area contributed by atoms with Crippen LogP contribution in [0, 0.1) is 5.92 Å². The molecule has 2 aliphatic heterocycles. The van der Waals surface area contributed by atoms with Gasteiger partial charge in [0, 0.05) is 57.9 Å². The lowest BCUT2D eigenvalue weighted by Crippen LogP contribution is -2.52. The van der Waals surface area contributed by atoms with Crippen LogP contribution in [0.25, 0.3) is 0 Å². The van der Waals surface area contributed by atoms with Gasteiger partial charge < -0.3 is 19.9 Å². The lowest BCUT2D eigenvalue weighted by atomic mass is 9.88. The van der Waals surface area contributed by atoms with Gasteiger partial charge in [0.25, 0.3) is 0 Å². The maximum absolute atomic E-state index is 12.6. The Morgan fingerprint density at radius 2 is 1.74 bits per heavy atom. The summed E-state index contributed by atoms with van der Waals surface area (Å²) in [5.74, 6) is 0.518. The van der Waals surface area contributed by atoms with E-state index in [1.807, 2.05) is 4.90 Å². The molecular formula is C25H36Cl2N4O3. The third kappa shape index (κ3) is 7.00. The first-order chi connectivity index (χ1) is 16.4. The van der Waals surface area contributed by atoms with Crippen LogP contribution in [0.3, 0.4) is 0 Å². The zero-order chi connectivity index (χ0) is 24.1. The Kier molecular flexibility index (Phi) is 8.97. The second kappa shape index (κ2) is 11.9. The molecule has 1 atom stereocenters. The molecule has 188 valence electrons. The number of hydrogen-bond acceptors (Lipinski definition) is 5. The Hall–Kier alpha value is -1.54. The zero-order valence-corrected chi connectivity index (χ0v) is 21.5. The van der Waals surface area contributed by atoms with Crippen LogP contribution in [0.2, 0.25) is 10.0 Å².